The van der Waals surface area contributed by atoms with E-state index in [1.807, 2.05) is 18.2 Å². The standard InChI is InChI=1S/C28H25FN4O3/c29-25-19(13-32-14-21(15-32)17-4-2-1-3-5-17)10-11-30-26(25)18-6-7-22-20(12-18)16-33(28(22)36)23-8-9-24(34)31-27(23)35/h1-7,10-12,21,23H,8-9,13-16H2,(H,31,34,35). The third-order valence-electron chi connectivity index (χ3n) is 7.39. The Hall–Kier alpha value is -3.91. The number of hydrogen-bond donors (Lipinski definition) is 1. The summed E-state index contributed by atoms with van der Waals surface area (Å²) in [5.74, 6) is -0.908. The molecule has 1 aromatic heterocycles. The Morgan fingerprint density at radius 3 is 2.61 bits per heavy atom. The van der Waals surface area contributed by atoms with Gasteiger partial charge in [-0.1, -0.05) is 36.4 Å². The van der Waals surface area contributed by atoms with Crippen LogP contribution in [-0.2, 0) is 22.7 Å². The third kappa shape index (κ3) is 3.97. The molecule has 2 aromatic carbocycles. The number of amides is 3. The lowest BCUT2D eigenvalue weighted by molar-refractivity contribution is -0.136. The predicted octanol–water partition coefficient (Wildman–Crippen LogP) is 3.25. The number of likely N-dealkylation sites (tertiary alicyclic amines) is 1. The number of halogens is 1. The first-order valence-corrected chi connectivity index (χ1v) is 12.2. The summed E-state index contributed by atoms with van der Waals surface area (Å²) in [5, 5.41) is 2.31. The predicted molar refractivity (Wildman–Crippen MR) is 130 cm³/mol. The highest BCUT2D eigenvalue weighted by Gasteiger charge is 2.39. The Bertz CT molecular complexity index is 1370. The van der Waals surface area contributed by atoms with Gasteiger partial charge >= 0.3 is 0 Å². The van der Waals surface area contributed by atoms with Crippen molar-refractivity contribution >= 4 is 17.7 Å². The van der Waals surface area contributed by atoms with Crippen LogP contribution >= 0.6 is 0 Å². The summed E-state index contributed by atoms with van der Waals surface area (Å²) in [5.41, 5.74) is 3.96. The fourth-order valence-electron chi connectivity index (χ4n) is 5.40. The Labute approximate surface area is 207 Å². The summed E-state index contributed by atoms with van der Waals surface area (Å²) in [4.78, 5) is 44.7. The number of hydrogen-bond acceptors (Lipinski definition) is 5. The van der Waals surface area contributed by atoms with Crippen LogP contribution in [0.2, 0.25) is 0 Å². The van der Waals surface area contributed by atoms with Gasteiger partial charge in [-0.25, -0.2) is 4.39 Å². The van der Waals surface area contributed by atoms with Gasteiger partial charge in [0.1, 0.15) is 11.7 Å². The second-order valence-corrected chi connectivity index (χ2v) is 9.71. The fourth-order valence-corrected chi connectivity index (χ4v) is 5.40. The third-order valence-corrected chi connectivity index (χ3v) is 7.39. The number of pyridine rings is 1. The largest absolute Gasteiger partial charge is 0.322 e. The molecular weight excluding hydrogens is 459 g/mol. The lowest BCUT2D eigenvalue weighted by atomic mass is 9.91. The molecule has 0 spiro atoms. The number of fused-ring (bicyclic) bond motifs is 1. The SMILES string of the molecule is O=C1CCC(N2Cc3cc(-c4nccc(CN5CC(c6ccccc6)C5)c4F)ccc3C2=O)C(=O)N1. The van der Waals surface area contributed by atoms with Gasteiger partial charge in [0.05, 0.1) is 0 Å². The molecule has 1 unspecified atom stereocenters. The van der Waals surface area contributed by atoms with Gasteiger partial charge in [-0.3, -0.25) is 29.6 Å². The topological polar surface area (TPSA) is 82.6 Å². The number of carbonyl (C=O) groups is 3. The smallest absolute Gasteiger partial charge is 0.255 e. The minimum atomic E-state index is -0.680. The van der Waals surface area contributed by atoms with Crippen LogP contribution in [0.3, 0.4) is 0 Å². The summed E-state index contributed by atoms with van der Waals surface area (Å²) >= 11 is 0. The van der Waals surface area contributed by atoms with Crippen molar-refractivity contribution in [3.63, 3.8) is 0 Å². The van der Waals surface area contributed by atoms with Crippen LogP contribution in [-0.4, -0.2) is 51.6 Å². The molecule has 3 aliphatic rings. The highest BCUT2D eigenvalue weighted by atomic mass is 19.1. The van der Waals surface area contributed by atoms with E-state index in [1.165, 1.54) is 10.5 Å². The van der Waals surface area contributed by atoms with E-state index in [2.05, 4.69) is 27.3 Å². The van der Waals surface area contributed by atoms with E-state index in [0.717, 1.165) is 18.7 Å². The maximum atomic E-state index is 15.5. The van der Waals surface area contributed by atoms with Crippen molar-refractivity contribution in [1.29, 1.82) is 0 Å². The van der Waals surface area contributed by atoms with E-state index in [9.17, 15) is 14.4 Å². The quantitative estimate of drug-likeness (QED) is 0.563. The van der Waals surface area contributed by atoms with Crippen molar-refractivity contribution in [2.24, 2.45) is 0 Å². The van der Waals surface area contributed by atoms with Crippen LogP contribution in [0.25, 0.3) is 11.3 Å². The minimum absolute atomic E-state index is 0.201. The number of nitrogens with one attached hydrogen (secondary N) is 1. The minimum Gasteiger partial charge on any atom is -0.322 e. The van der Waals surface area contributed by atoms with Gasteiger partial charge in [-0.05, 0) is 35.7 Å². The first kappa shape index (κ1) is 22.5. The van der Waals surface area contributed by atoms with Crippen LogP contribution in [0.1, 0.15) is 45.8 Å². The Morgan fingerprint density at radius 1 is 1.03 bits per heavy atom. The van der Waals surface area contributed by atoms with Crippen LogP contribution in [0.4, 0.5) is 4.39 Å². The highest BCUT2D eigenvalue weighted by Crippen LogP contribution is 2.33. The number of imide groups is 1. The number of aromatic nitrogens is 1. The van der Waals surface area contributed by atoms with E-state index in [0.29, 0.717) is 35.6 Å². The lowest BCUT2D eigenvalue weighted by Crippen LogP contribution is -2.52. The number of carbonyl (C=O) groups excluding carboxylic acids is 3. The Morgan fingerprint density at radius 2 is 1.83 bits per heavy atom. The average Bonchev–Trinajstić information content (AvgIpc) is 3.18. The molecule has 3 aromatic rings. The van der Waals surface area contributed by atoms with Crippen LogP contribution in [0.5, 0.6) is 0 Å². The zero-order valence-corrected chi connectivity index (χ0v) is 19.6. The van der Waals surface area contributed by atoms with E-state index < -0.39 is 11.9 Å². The number of nitrogens with zero attached hydrogens (tertiary/aromatic N) is 3. The van der Waals surface area contributed by atoms with Crippen LogP contribution < -0.4 is 5.32 Å². The first-order chi connectivity index (χ1) is 17.5. The lowest BCUT2D eigenvalue weighted by Gasteiger charge is -2.39. The summed E-state index contributed by atoms with van der Waals surface area (Å²) < 4.78 is 15.5. The van der Waals surface area contributed by atoms with Crippen molar-refractivity contribution < 1.29 is 18.8 Å². The Kier molecular flexibility index (Phi) is 5.60. The number of benzene rings is 2. The summed E-state index contributed by atoms with van der Waals surface area (Å²) in [6.45, 7) is 2.53. The van der Waals surface area contributed by atoms with Crippen LogP contribution in [0, 0.1) is 5.82 Å². The summed E-state index contributed by atoms with van der Waals surface area (Å²) in [7, 11) is 0. The maximum absolute atomic E-state index is 15.5. The summed E-state index contributed by atoms with van der Waals surface area (Å²) in [6.07, 6.45) is 2.13. The molecule has 1 atom stereocenters. The van der Waals surface area contributed by atoms with Crippen molar-refractivity contribution in [3.05, 3.63) is 88.9 Å². The molecule has 0 bridgehead atoms. The van der Waals surface area contributed by atoms with Gasteiger partial charge in [0.2, 0.25) is 11.8 Å². The molecule has 1 N–H and O–H groups in total. The molecule has 0 radical (unpaired) electrons. The average molecular weight is 485 g/mol. The van der Waals surface area contributed by atoms with Gasteiger partial charge in [0.25, 0.3) is 5.91 Å². The van der Waals surface area contributed by atoms with Crippen molar-refractivity contribution in [2.45, 2.75) is 37.9 Å². The van der Waals surface area contributed by atoms with Gasteiger partial charge < -0.3 is 4.90 Å². The first-order valence-electron chi connectivity index (χ1n) is 12.2. The zero-order valence-electron chi connectivity index (χ0n) is 19.6. The second-order valence-electron chi connectivity index (χ2n) is 9.71. The molecule has 3 amide bonds. The van der Waals surface area contributed by atoms with Crippen LogP contribution in [0.15, 0.2) is 60.8 Å². The van der Waals surface area contributed by atoms with E-state index >= 15 is 4.39 Å². The van der Waals surface area contributed by atoms with Gasteiger partial charge in [0, 0.05) is 61.4 Å². The number of rotatable bonds is 5. The van der Waals surface area contributed by atoms with E-state index in [1.54, 1.807) is 30.5 Å². The van der Waals surface area contributed by atoms with Gasteiger partial charge in [-0.15, -0.1) is 0 Å². The van der Waals surface area contributed by atoms with E-state index in [4.69, 9.17) is 0 Å². The molecular formula is C28H25FN4O3. The van der Waals surface area contributed by atoms with Crippen molar-refractivity contribution in [3.8, 4) is 11.3 Å². The van der Waals surface area contributed by atoms with Crippen molar-refractivity contribution in [1.82, 2.24) is 20.1 Å². The molecule has 3 aliphatic heterocycles. The maximum Gasteiger partial charge on any atom is 0.255 e. The summed E-state index contributed by atoms with van der Waals surface area (Å²) in [6, 6.07) is 16.6. The Balaban J connectivity index is 1.18. The molecule has 6 rings (SSSR count). The highest BCUT2D eigenvalue weighted by molar-refractivity contribution is 6.05. The molecule has 2 fully saturated rings. The van der Waals surface area contributed by atoms with Gasteiger partial charge in [0.15, 0.2) is 5.82 Å². The normalized spacial score (nSPS) is 20.3. The van der Waals surface area contributed by atoms with Gasteiger partial charge in [-0.2, -0.15) is 0 Å². The van der Waals surface area contributed by atoms with E-state index in [-0.39, 0.29) is 36.3 Å². The molecule has 2 saturated heterocycles. The molecule has 182 valence electrons. The zero-order chi connectivity index (χ0) is 24.8. The molecule has 36 heavy (non-hydrogen) atoms. The molecule has 8 heteroatoms. The number of piperidine rings is 1. The molecule has 0 saturated carbocycles. The molecule has 7 nitrogen and oxygen atoms in total. The van der Waals surface area contributed by atoms with Crippen molar-refractivity contribution in [2.75, 3.05) is 13.1 Å². The molecule has 4 heterocycles. The monoisotopic (exact) mass is 484 g/mol. The molecule has 0 aliphatic carbocycles. The fraction of sp³-hybridized carbons (Fsp3) is 0.286. The second kappa shape index (κ2) is 8.95.